The van der Waals surface area contributed by atoms with Crippen molar-refractivity contribution in [1.29, 1.82) is 0 Å². The molecule has 0 bridgehead atoms. The Kier molecular flexibility index (Phi) is 6.02. The van der Waals surface area contributed by atoms with E-state index < -0.39 is 0 Å². The summed E-state index contributed by atoms with van der Waals surface area (Å²) in [4.78, 5) is 11.0. The van der Waals surface area contributed by atoms with Gasteiger partial charge in [0.2, 0.25) is 5.95 Å². The minimum absolute atomic E-state index is 0.628. The maximum Gasteiger partial charge on any atom is 0.235 e. The highest BCUT2D eigenvalue weighted by Gasteiger charge is 2.24. The zero-order valence-corrected chi connectivity index (χ0v) is 29.0. The van der Waals surface area contributed by atoms with E-state index in [2.05, 4.69) is 180 Å². The van der Waals surface area contributed by atoms with Crippen LogP contribution in [0.4, 0.5) is 0 Å². The van der Waals surface area contributed by atoms with Crippen LogP contribution < -0.4 is 0 Å². The topological polar surface area (TPSA) is 43.9 Å². The molecule has 0 radical (unpaired) electrons. The van der Waals surface area contributed by atoms with Gasteiger partial charge in [-0.05, 0) is 45.1 Å². The van der Waals surface area contributed by atoms with Gasteiger partial charge < -0.3 is 4.42 Å². The monoisotopic (exact) mass is 687 g/mol. The molecule has 0 aliphatic carbocycles. The molecule has 4 heteroatoms. The van der Waals surface area contributed by atoms with Crippen molar-refractivity contribution in [2.45, 2.75) is 0 Å². The third kappa shape index (κ3) is 4.08. The van der Waals surface area contributed by atoms with E-state index in [1.54, 1.807) is 0 Å². The molecule has 0 fully saturated rings. The molecule has 12 rings (SSSR count). The number of aromatic nitrogens is 3. The standard InChI is InChI=1S/C50H29N3O/c1-2-15-33(16-3-1)46-41-27-24-32-14-6-9-19-36(32)47(41)52-50(51-46)53-42-28-25-30-12-4-7-17-34(30)44(42)39-22-10-20-37(48(39)53)38-21-11-23-40-45-35-18-8-5-13-31(35)26-29-43(45)54-49(38)40/h1-29H. The molecule has 9 aromatic carbocycles. The van der Waals surface area contributed by atoms with Gasteiger partial charge in [0, 0.05) is 49.0 Å². The molecule has 3 aromatic heterocycles. The van der Waals surface area contributed by atoms with Gasteiger partial charge in [-0.1, -0.05) is 158 Å². The van der Waals surface area contributed by atoms with E-state index in [1.807, 2.05) is 0 Å². The van der Waals surface area contributed by atoms with E-state index in [9.17, 15) is 0 Å². The Morgan fingerprint density at radius 3 is 1.81 bits per heavy atom. The van der Waals surface area contributed by atoms with Crippen LogP contribution in [0, 0.1) is 0 Å². The quantitative estimate of drug-likeness (QED) is 0.174. The highest BCUT2D eigenvalue weighted by atomic mass is 16.3. The molecule has 0 atom stereocenters. The van der Waals surface area contributed by atoms with Crippen LogP contribution in [0.25, 0.3) is 115 Å². The van der Waals surface area contributed by atoms with Crippen molar-refractivity contribution >= 4 is 87.0 Å². The van der Waals surface area contributed by atoms with Gasteiger partial charge in [0.25, 0.3) is 0 Å². The van der Waals surface area contributed by atoms with Gasteiger partial charge >= 0.3 is 0 Å². The van der Waals surface area contributed by atoms with Gasteiger partial charge in [-0.25, -0.2) is 9.97 Å². The van der Waals surface area contributed by atoms with Crippen LogP contribution in [0.15, 0.2) is 180 Å². The summed E-state index contributed by atoms with van der Waals surface area (Å²) in [6.45, 7) is 0. The van der Waals surface area contributed by atoms with Gasteiger partial charge in [0.15, 0.2) is 0 Å². The SMILES string of the molecule is c1ccc(-c2nc(-n3c4ccc5ccccc5c4c4cccc(-c5cccc6c5oc5ccc7ccccc7c56)c43)nc3c2ccc2ccccc23)cc1. The Bertz CT molecular complexity index is 3500. The summed E-state index contributed by atoms with van der Waals surface area (Å²) in [5.74, 6) is 0.628. The highest BCUT2D eigenvalue weighted by molar-refractivity contribution is 6.25. The number of fused-ring (bicyclic) bond motifs is 13. The van der Waals surface area contributed by atoms with Crippen LogP contribution in [0.2, 0.25) is 0 Å². The van der Waals surface area contributed by atoms with E-state index in [0.717, 1.165) is 82.4 Å². The van der Waals surface area contributed by atoms with E-state index >= 15 is 0 Å². The average Bonchev–Trinajstić information content (AvgIpc) is 3.80. The molecule has 0 aliphatic heterocycles. The van der Waals surface area contributed by atoms with Crippen molar-refractivity contribution in [2.24, 2.45) is 0 Å². The molecule has 3 heterocycles. The third-order valence-corrected chi connectivity index (χ3v) is 11.2. The molecular weight excluding hydrogens is 659 g/mol. The van der Waals surface area contributed by atoms with Crippen LogP contribution in [0.5, 0.6) is 0 Å². The predicted molar refractivity (Wildman–Crippen MR) is 225 cm³/mol. The fourth-order valence-corrected chi connectivity index (χ4v) is 8.81. The molecule has 12 aromatic rings. The molecule has 0 saturated carbocycles. The lowest BCUT2D eigenvalue weighted by Crippen LogP contribution is -2.04. The number of benzene rings is 9. The van der Waals surface area contributed by atoms with Crippen LogP contribution in [-0.4, -0.2) is 14.5 Å². The number of hydrogen-bond acceptors (Lipinski definition) is 3. The second-order valence-electron chi connectivity index (χ2n) is 14.1. The van der Waals surface area contributed by atoms with E-state index in [-0.39, 0.29) is 0 Å². The molecule has 0 amide bonds. The molecule has 0 aliphatic rings. The normalized spacial score (nSPS) is 12.1. The Hall–Kier alpha value is -7.30. The summed E-state index contributed by atoms with van der Waals surface area (Å²) in [7, 11) is 0. The maximum atomic E-state index is 6.83. The molecule has 4 nitrogen and oxygen atoms in total. The van der Waals surface area contributed by atoms with Crippen LogP contribution in [0.1, 0.15) is 0 Å². The van der Waals surface area contributed by atoms with Crippen molar-refractivity contribution in [1.82, 2.24) is 14.5 Å². The number of furan rings is 1. The third-order valence-electron chi connectivity index (χ3n) is 11.2. The molecule has 0 unspecified atom stereocenters. The maximum absolute atomic E-state index is 6.83. The smallest absolute Gasteiger partial charge is 0.235 e. The van der Waals surface area contributed by atoms with E-state index in [4.69, 9.17) is 14.4 Å². The zero-order chi connectivity index (χ0) is 35.3. The lowest BCUT2D eigenvalue weighted by Gasteiger charge is -2.15. The summed E-state index contributed by atoms with van der Waals surface area (Å²) in [6, 6.07) is 62.3. The first kappa shape index (κ1) is 29.3. The lowest BCUT2D eigenvalue weighted by molar-refractivity contribution is 0.670. The molecule has 0 spiro atoms. The van der Waals surface area contributed by atoms with Gasteiger partial charge in [-0.3, -0.25) is 4.57 Å². The number of rotatable bonds is 3. The first-order valence-corrected chi connectivity index (χ1v) is 18.3. The van der Waals surface area contributed by atoms with Gasteiger partial charge in [0.1, 0.15) is 11.2 Å². The zero-order valence-electron chi connectivity index (χ0n) is 29.0. The Balaban J connectivity index is 1.26. The second kappa shape index (κ2) is 11.1. The first-order valence-electron chi connectivity index (χ1n) is 18.3. The average molecular weight is 688 g/mol. The molecule has 250 valence electrons. The van der Waals surface area contributed by atoms with Crippen molar-refractivity contribution in [3.63, 3.8) is 0 Å². The molecule has 0 N–H and O–H groups in total. The number of nitrogens with zero attached hydrogens (tertiary/aromatic N) is 3. The Morgan fingerprint density at radius 2 is 1.02 bits per heavy atom. The van der Waals surface area contributed by atoms with Crippen molar-refractivity contribution in [3.8, 4) is 28.3 Å². The van der Waals surface area contributed by atoms with Crippen molar-refractivity contribution < 1.29 is 4.42 Å². The second-order valence-corrected chi connectivity index (χ2v) is 14.1. The number of hydrogen-bond donors (Lipinski definition) is 0. The highest BCUT2D eigenvalue weighted by Crippen LogP contribution is 2.45. The summed E-state index contributed by atoms with van der Waals surface area (Å²) in [5.41, 5.74) is 8.81. The molecular formula is C50H29N3O. The van der Waals surface area contributed by atoms with Gasteiger partial charge in [0.05, 0.1) is 22.2 Å². The summed E-state index contributed by atoms with van der Waals surface area (Å²) < 4.78 is 9.12. The Labute approximate surface area is 309 Å². The van der Waals surface area contributed by atoms with Crippen molar-refractivity contribution in [2.75, 3.05) is 0 Å². The first-order chi connectivity index (χ1) is 26.8. The van der Waals surface area contributed by atoms with Crippen LogP contribution in [-0.2, 0) is 0 Å². The minimum atomic E-state index is 0.628. The molecule has 54 heavy (non-hydrogen) atoms. The predicted octanol–water partition coefficient (Wildman–Crippen LogP) is 13.4. The van der Waals surface area contributed by atoms with Crippen LogP contribution >= 0.6 is 0 Å². The van der Waals surface area contributed by atoms with E-state index in [0.29, 0.717) is 5.95 Å². The van der Waals surface area contributed by atoms with Crippen molar-refractivity contribution in [3.05, 3.63) is 176 Å². The van der Waals surface area contributed by atoms with E-state index in [1.165, 1.54) is 26.9 Å². The minimum Gasteiger partial charge on any atom is -0.455 e. The van der Waals surface area contributed by atoms with Crippen LogP contribution in [0.3, 0.4) is 0 Å². The van der Waals surface area contributed by atoms with Gasteiger partial charge in [-0.2, -0.15) is 0 Å². The Morgan fingerprint density at radius 1 is 0.407 bits per heavy atom. The largest absolute Gasteiger partial charge is 0.455 e. The summed E-state index contributed by atoms with van der Waals surface area (Å²) >= 11 is 0. The lowest BCUT2D eigenvalue weighted by atomic mass is 9.97. The molecule has 0 saturated heterocycles. The number of para-hydroxylation sites is 2. The van der Waals surface area contributed by atoms with Gasteiger partial charge in [-0.15, -0.1) is 0 Å². The summed E-state index contributed by atoms with van der Waals surface area (Å²) in [5, 5.41) is 12.6. The fourth-order valence-electron chi connectivity index (χ4n) is 8.81. The fraction of sp³-hybridized carbons (Fsp3) is 0. The summed E-state index contributed by atoms with van der Waals surface area (Å²) in [6.07, 6.45) is 0.